The van der Waals surface area contributed by atoms with E-state index in [1.165, 1.54) is 16.2 Å². The van der Waals surface area contributed by atoms with Crippen molar-refractivity contribution in [3.8, 4) is 10.6 Å². The number of amides is 1. The Kier molecular flexibility index (Phi) is 5.50. The molecule has 146 valence electrons. The summed E-state index contributed by atoms with van der Waals surface area (Å²) in [5.41, 5.74) is 2.39. The van der Waals surface area contributed by atoms with Crippen LogP contribution in [-0.4, -0.2) is 33.1 Å². The summed E-state index contributed by atoms with van der Waals surface area (Å²) in [6, 6.07) is 15.1. The Bertz CT molecular complexity index is 1240. The molecule has 0 aliphatic carbocycles. The Morgan fingerprint density at radius 3 is 2.69 bits per heavy atom. The maximum Gasteiger partial charge on any atom is 0.270 e. The number of nitrogens with zero attached hydrogens (tertiary/aromatic N) is 4. The number of nitrogens with one attached hydrogen (secondary N) is 1. The van der Waals surface area contributed by atoms with Crippen molar-refractivity contribution in [2.24, 2.45) is 0 Å². The Morgan fingerprint density at radius 1 is 1.14 bits per heavy atom. The zero-order valence-electron chi connectivity index (χ0n) is 15.4. The molecule has 0 bridgehead atoms. The molecule has 1 N–H and O–H groups in total. The first-order valence-corrected chi connectivity index (χ1v) is 10.5. The van der Waals surface area contributed by atoms with Gasteiger partial charge < -0.3 is 4.98 Å². The van der Waals surface area contributed by atoms with Crippen LogP contribution in [0.2, 0.25) is 0 Å². The van der Waals surface area contributed by atoms with Crippen LogP contribution in [0.1, 0.15) is 12.1 Å². The van der Waals surface area contributed by atoms with Gasteiger partial charge in [0.1, 0.15) is 10.7 Å². The minimum Gasteiger partial charge on any atom is -0.319 e. The molecule has 0 atom stereocenters. The molecule has 4 aromatic rings. The molecule has 0 saturated carbocycles. The number of halogens is 1. The van der Waals surface area contributed by atoms with Gasteiger partial charge in [-0.2, -0.15) is 0 Å². The number of benzene rings is 2. The van der Waals surface area contributed by atoms with Gasteiger partial charge in [-0.25, -0.2) is 4.98 Å². The van der Waals surface area contributed by atoms with Gasteiger partial charge in [-0.3, -0.25) is 14.5 Å². The molecule has 0 saturated heterocycles. The van der Waals surface area contributed by atoms with Crippen molar-refractivity contribution in [1.82, 2.24) is 20.2 Å². The number of carbonyl (C=O) groups excluding carboxylic acids is 1. The highest BCUT2D eigenvalue weighted by atomic mass is 79.9. The van der Waals surface area contributed by atoms with Crippen LogP contribution in [0.15, 0.2) is 57.8 Å². The van der Waals surface area contributed by atoms with E-state index in [2.05, 4.69) is 36.1 Å². The number of hydrogen-bond acceptors (Lipinski definition) is 6. The van der Waals surface area contributed by atoms with E-state index < -0.39 is 0 Å². The van der Waals surface area contributed by atoms with Crippen molar-refractivity contribution in [2.45, 2.75) is 12.8 Å². The second kappa shape index (κ2) is 8.22. The summed E-state index contributed by atoms with van der Waals surface area (Å²) in [5, 5.41) is 9.55. The van der Waals surface area contributed by atoms with Crippen LogP contribution in [0.25, 0.3) is 21.6 Å². The lowest BCUT2D eigenvalue weighted by molar-refractivity contribution is -0.118. The third-order valence-electron chi connectivity index (χ3n) is 4.41. The monoisotopic (exact) mass is 469 g/mol. The summed E-state index contributed by atoms with van der Waals surface area (Å²) >= 11 is 4.74. The smallest absolute Gasteiger partial charge is 0.270 e. The number of rotatable bonds is 5. The summed E-state index contributed by atoms with van der Waals surface area (Å²) in [6.07, 6.45) is 0.403. The molecule has 0 spiro atoms. The summed E-state index contributed by atoms with van der Waals surface area (Å²) in [5.74, 6) is -0.155. The SMILES string of the molecule is CN(C(=O)CCc1nc2ccccc2[nH]c1=O)c1nnc(-c2ccc(Br)cc2)s1. The molecule has 0 aliphatic rings. The van der Waals surface area contributed by atoms with E-state index in [4.69, 9.17) is 0 Å². The second-order valence-corrected chi connectivity index (χ2v) is 8.25. The molecule has 4 rings (SSSR count). The molecule has 7 nitrogen and oxygen atoms in total. The predicted octanol–water partition coefficient (Wildman–Crippen LogP) is 3.80. The molecule has 29 heavy (non-hydrogen) atoms. The molecular formula is C20H16BrN5O2S. The van der Waals surface area contributed by atoms with Crippen LogP contribution in [0, 0.1) is 0 Å². The fourth-order valence-corrected chi connectivity index (χ4v) is 3.89. The van der Waals surface area contributed by atoms with Gasteiger partial charge in [-0.1, -0.05) is 51.5 Å². The number of anilines is 1. The largest absolute Gasteiger partial charge is 0.319 e. The van der Waals surface area contributed by atoms with E-state index in [1.807, 2.05) is 42.5 Å². The van der Waals surface area contributed by atoms with Crippen LogP contribution < -0.4 is 10.5 Å². The normalized spacial score (nSPS) is 11.0. The van der Waals surface area contributed by atoms with E-state index in [0.717, 1.165) is 15.0 Å². The Balaban J connectivity index is 1.46. The average Bonchev–Trinajstić information content (AvgIpc) is 3.22. The van der Waals surface area contributed by atoms with Gasteiger partial charge >= 0.3 is 0 Å². The first-order chi connectivity index (χ1) is 14.0. The topological polar surface area (TPSA) is 91.8 Å². The molecule has 1 amide bonds. The fourth-order valence-electron chi connectivity index (χ4n) is 2.80. The van der Waals surface area contributed by atoms with Crippen LogP contribution in [-0.2, 0) is 11.2 Å². The summed E-state index contributed by atoms with van der Waals surface area (Å²) in [7, 11) is 1.66. The van der Waals surface area contributed by atoms with Gasteiger partial charge in [0.15, 0.2) is 0 Å². The summed E-state index contributed by atoms with van der Waals surface area (Å²) in [4.78, 5) is 33.5. The number of carbonyl (C=O) groups is 1. The highest BCUT2D eigenvalue weighted by Crippen LogP contribution is 2.29. The van der Waals surface area contributed by atoms with Gasteiger partial charge in [0.2, 0.25) is 11.0 Å². The van der Waals surface area contributed by atoms with Crippen LogP contribution in [0.4, 0.5) is 5.13 Å². The Morgan fingerprint density at radius 2 is 1.90 bits per heavy atom. The predicted molar refractivity (Wildman–Crippen MR) is 117 cm³/mol. The standard InChI is InChI=1S/C20H16BrN5O2S/c1-26(20-25-24-19(29-20)12-6-8-13(21)9-7-12)17(27)11-10-16-18(28)23-15-5-3-2-4-14(15)22-16/h2-9H,10-11H2,1H3,(H,23,28). The van der Waals surface area contributed by atoms with Gasteiger partial charge in [0, 0.05) is 29.9 Å². The number of hydrogen-bond donors (Lipinski definition) is 1. The third-order valence-corrected chi connectivity index (χ3v) is 5.99. The lowest BCUT2D eigenvalue weighted by Gasteiger charge is -2.12. The zero-order chi connectivity index (χ0) is 20.4. The number of aryl methyl sites for hydroxylation is 1. The van der Waals surface area contributed by atoms with E-state index in [-0.39, 0.29) is 24.3 Å². The minimum absolute atomic E-state index is 0.151. The minimum atomic E-state index is -0.271. The van der Waals surface area contributed by atoms with Crippen molar-refractivity contribution < 1.29 is 4.79 Å². The van der Waals surface area contributed by atoms with Crippen molar-refractivity contribution in [1.29, 1.82) is 0 Å². The molecular weight excluding hydrogens is 454 g/mol. The third kappa shape index (κ3) is 4.25. The maximum absolute atomic E-state index is 12.6. The van der Waals surface area contributed by atoms with Gasteiger partial charge in [-0.15, -0.1) is 10.2 Å². The lowest BCUT2D eigenvalue weighted by atomic mass is 10.2. The highest BCUT2D eigenvalue weighted by molar-refractivity contribution is 9.10. The number of aromatic amines is 1. The molecule has 2 heterocycles. The molecule has 2 aromatic heterocycles. The number of H-pyrrole nitrogens is 1. The van der Waals surface area contributed by atoms with E-state index in [1.54, 1.807) is 13.1 Å². The lowest BCUT2D eigenvalue weighted by Crippen LogP contribution is -2.27. The van der Waals surface area contributed by atoms with Gasteiger partial charge in [0.05, 0.1) is 11.0 Å². The first kappa shape index (κ1) is 19.4. The van der Waals surface area contributed by atoms with Crippen molar-refractivity contribution in [3.63, 3.8) is 0 Å². The Hall–Kier alpha value is -2.91. The second-order valence-electron chi connectivity index (χ2n) is 6.38. The zero-order valence-corrected chi connectivity index (χ0v) is 17.8. The molecule has 0 unspecified atom stereocenters. The van der Waals surface area contributed by atoms with Gasteiger partial charge in [-0.05, 0) is 24.3 Å². The average molecular weight is 470 g/mol. The first-order valence-electron chi connectivity index (χ1n) is 8.85. The summed E-state index contributed by atoms with van der Waals surface area (Å²) < 4.78 is 0.982. The van der Waals surface area contributed by atoms with Crippen molar-refractivity contribution in [2.75, 3.05) is 11.9 Å². The summed E-state index contributed by atoms with van der Waals surface area (Å²) in [6.45, 7) is 0. The quantitative estimate of drug-likeness (QED) is 0.479. The fraction of sp³-hybridized carbons (Fsp3) is 0.150. The molecule has 0 aliphatic heterocycles. The number of para-hydroxylation sites is 2. The molecule has 9 heteroatoms. The molecule has 0 radical (unpaired) electrons. The molecule has 0 fully saturated rings. The Labute approximate surface area is 178 Å². The number of aromatic nitrogens is 4. The van der Waals surface area contributed by atoms with Crippen LogP contribution >= 0.6 is 27.3 Å². The van der Waals surface area contributed by atoms with Crippen molar-refractivity contribution >= 4 is 49.3 Å². The van der Waals surface area contributed by atoms with E-state index in [0.29, 0.717) is 21.9 Å². The van der Waals surface area contributed by atoms with Crippen LogP contribution in [0.5, 0.6) is 0 Å². The van der Waals surface area contributed by atoms with Crippen LogP contribution in [0.3, 0.4) is 0 Å². The maximum atomic E-state index is 12.6. The van der Waals surface area contributed by atoms with E-state index >= 15 is 0 Å². The van der Waals surface area contributed by atoms with Gasteiger partial charge in [0.25, 0.3) is 5.56 Å². The number of fused-ring (bicyclic) bond motifs is 1. The van der Waals surface area contributed by atoms with Crippen molar-refractivity contribution in [3.05, 3.63) is 69.1 Å². The molecule has 2 aromatic carbocycles. The highest BCUT2D eigenvalue weighted by Gasteiger charge is 2.17. The van der Waals surface area contributed by atoms with E-state index in [9.17, 15) is 9.59 Å².